The van der Waals surface area contributed by atoms with Crippen molar-refractivity contribution in [3.8, 4) is 0 Å². The Morgan fingerprint density at radius 3 is 2.08 bits per heavy atom. The van der Waals surface area contributed by atoms with Crippen molar-refractivity contribution >= 4 is 0 Å². The smallest absolute Gasteiger partial charge is 0.0183 e. The Morgan fingerprint density at radius 2 is 1.58 bits per heavy atom. The van der Waals surface area contributed by atoms with Gasteiger partial charge in [0.15, 0.2) is 0 Å². The highest BCUT2D eigenvalue weighted by Crippen LogP contribution is 2.56. The Bertz CT molecular complexity index is 788. The molecule has 0 radical (unpaired) electrons. The Kier molecular flexibility index (Phi) is 14.8. The molecular weight excluding hydrogens is 456 g/mol. The maximum Gasteiger partial charge on any atom is -0.0183 e. The monoisotopic (exact) mass is 523 g/mol. The second-order valence-corrected chi connectivity index (χ2v) is 14.2. The topological polar surface area (TPSA) is 0 Å². The molecule has 2 fully saturated rings. The molecule has 0 amide bonds. The van der Waals surface area contributed by atoms with Crippen LogP contribution in [0.2, 0.25) is 0 Å². The number of hydrogen-bond acceptors (Lipinski definition) is 0. The lowest BCUT2D eigenvalue weighted by molar-refractivity contribution is 0.287. The summed E-state index contributed by atoms with van der Waals surface area (Å²) in [5.74, 6) is 7.16. The summed E-state index contributed by atoms with van der Waals surface area (Å²) < 4.78 is 0. The molecule has 0 nitrogen and oxygen atoms in total. The van der Waals surface area contributed by atoms with E-state index in [1.807, 2.05) is 0 Å². The molecule has 1 aromatic rings. The third-order valence-corrected chi connectivity index (χ3v) is 10.4. The van der Waals surface area contributed by atoms with Crippen molar-refractivity contribution in [3.63, 3.8) is 0 Å². The van der Waals surface area contributed by atoms with Crippen LogP contribution in [0.25, 0.3) is 0 Å². The number of hydrogen-bond donors (Lipinski definition) is 0. The Balaban J connectivity index is 0.000000609. The highest BCUT2D eigenvalue weighted by molar-refractivity contribution is 5.32. The van der Waals surface area contributed by atoms with Crippen LogP contribution in [0.3, 0.4) is 0 Å². The summed E-state index contributed by atoms with van der Waals surface area (Å²) in [4.78, 5) is 0. The lowest BCUT2D eigenvalue weighted by Gasteiger charge is -2.27. The third kappa shape index (κ3) is 10.8. The van der Waals surface area contributed by atoms with E-state index in [0.717, 1.165) is 30.1 Å². The number of unbranched alkanes of at least 4 members (excludes halogenated alkanes) is 3. The van der Waals surface area contributed by atoms with Crippen molar-refractivity contribution in [1.82, 2.24) is 0 Å². The van der Waals surface area contributed by atoms with Crippen LogP contribution in [0.1, 0.15) is 143 Å². The second kappa shape index (κ2) is 16.9. The van der Waals surface area contributed by atoms with Gasteiger partial charge in [-0.15, -0.1) is 0 Å². The quantitative estimate of drug-likeness (QED) is 0.149. The zero-order chi connectivity index (χ0) is 28.2. The minimum atomic E-state index is 0.671. The molecule has 2 saturated carbocycles. The lowest BCUT2D eigenvalue weighted by Crippen LogP contribution is -2.17. The molecule has 0 heteroatoms. The number of fused-ring (bicyclic) bond motifs is 1. The number of benzene rings is 1. The normalized spacial score (nSPS) is 22.6. The van der Waals surface area contributed by atoms with Gasteiger partial charge in [-0.2, -0.15) is 0 Å². The fourth-order valence-corrected chi connectivity index (χ4v) is 7.37. The van der Waals surface area contributed by atoms with E-state index >= 15 is 0 Å². The first kappa shape index (κ1) is 33.2. The van der Waals surface area contributed by atoms with Gasteiger partial charge in [0.05, 0.1) is 0 Å². The average molecular weight is 523 g/mol. The van der Waals surface area contributed by atoms with Crippen LogP contribution in [0.4, 0.5) is 0 Å². The van der Waals surface area contributed by atoms with Crippen molar-refractivity contribution in [2.24, 2.45) is 47.3 Å². The van der Waals surface area contributed by atoms with Crippen molar-refractivity contribution in [2.75, 3.05) is 0 Å². The third-order valence-electron chi connectivity index (χ3n) is 10.4. The largest absolute Gasteiger partial charge is 0.0999 e. The van der Waals surface area contributed by atoms with E-state index in [1.165, 1.54) is 81.6 Å². The summed E-state index contributed by atoms with van der Waals surface area (Å²) in [6.07, 6.45) is 17.7. The van der Waals surface area contributed by atoms with Crippen LogP contribution in [0, 0.1) is 47.3 Å². The maximum atomic E-state index is 4.26. The lowest BCUT2D eigenvalue weighted by atomic mass is 9.78. The molecule has 1 aromatic carbocycles. The molecule has 2 aliphatic carbocycles. The van der Waals surface area contributed by atoms with Crippen LogP contribution in [-0.4, -0.2) is 0 Å². The number of rotatable bonds is 16. The predicted octanol–water partition coefficient (Wildman–Crippen LogP) is 11.9. The van der Waals surface area contributed by atoms with Gasteiger partial charge in [0.1, 0.15) is 0 Å². The minimum absolute atomic E-state index is 0.671. The summed E-state index contributed by atoms with van der Waals surface area (Å²) in [6.45, 7) is 25.5. The van der Waals surface area contributed by atoms with E-state index in [0.29, 0.717) is 11.8 Å². The predicted molar refractivity (Wildman–Crippen MR) is 172 cm³/mol. The van der Waals surface area contributed by atoms with Crippen molar-refractivity contribution in [3.05, 3.63) is 47.0 Å². The highest BCUT2D eigenvalue weighted by Gasteiger charge is 2.48. The Morgan fingerprint density at radius 1 is 0.895 bits per heavy atom. The number of allylic oxidation sites excluding steroid dienone is 1. The molecule has 38 heavy (non-hydrogen) atoms. The fourth-order valence-electron chi connectivity index (χ4n) is 7.37. The molecule has 0 saturated heterocycles. The zero-order valence-electron chi connectivity index (χ0n) is 27.3. The van der Waals surface area contributed by atoms with Crippen molar-refractivity contribution < 1.29 is 0 Å². The fraction of sp³-hybridized carbons (Fsp3) is 0.789. The van der Waals surface area contributed by atoms with Gasteiger partial charge < -0.3 is 0 Å². The average Bonchev–Trinajstić information content (AvgIpc) is 3.25. The number of aryl methyl sites for hydroxylation is 2. The summed E-state index contributed by atoms with van der Waals surface area (Å²) >= 11 is 0. The van der Waals surface area contributed by atoms with Gasteiger partial charge in [0.25, 0.3) is 0 Å². The molecule has 0 aromatic heterocycles. The molecule has 0 aliphatic heterocycles. The summed E-state index contributed by atoms with van der Waals surface area (Å²) in [7, 11) is 0. The zero-order valence-corrected chi connectivity index (χ0v) is 27.3. The Hall–Kier alpha value is -1.04. The van der Waals surface area contributed by atoms with Gasteiger partial charge in [-0.25, -0.2) is 0 Å². The molecule has 0 N–H and O–H groups in total. The standard InChI is InChI=1S/C31H54.C7H12/c1-10-12-13-14-15-30-22-27(17-19-28(30)11-2)21-29(23(3)4)18-16-26(9)20-31(24(5)6)25(7)8;1-5-6-3-2-4-7(5)6/h17,19,22-23,25-26,29,31H,5,10-16,18,20-21H2,1-4,6-9H3;5-7H,2-4H2,1H3/t26-,29?,31?;5?,6-,7+/m1./s1. The van der Waals surface area contributed by atoms with Gasteiger partial charge in [-0.05, 0) is 122 Å². The molecule has 3 rings (SSSR count). The van der Waals surface area contributed by atoms with E-state index in [2.05, 4.69) is 87.1 Å². The molecule has 3 unspecified atom stereocenters. The van der Waals surface area contributed by atoms with Gasteiger partial charge in [-0.1, -0.05) is 118 Å². The molecule has 218 valence electrons. The first-order valence-corrected chi connectivity index (χ1v) is 16.8. The molecule has 2 aliphatic rings. The first-order chi connectivity index (χ1) is 18.1. The van der Waals surface area contributed by atoms with Crippen LogP contribution < -0.4 is 0 Å². The molecule has 0 spiro atoms. The van der Waals surface area contributed by atoms with Crippen LogP contribution >= 0.6 is 0 Å². The van der Waals surface area contributed by atoms with Crippen LogP contribution in [0.5, 0.6) is 0 Å². The molecule has 6 atom stereocenters. The second-order valence-electron chi connectivity index (χ2n) is 14.2. The molecular formula is C38H66. The molecule has 0 bridgehead atoms. The van der Waals surface area contributed by atoms with E-state index in [-0.39, 0.29) is 0 Å². The summed E-state index contributed by atoms with van der Waals surface area (Å²) in [6, 6.07) is 7.40. The van der Waals surface area contributed by atoms with Crippen molar-refractivity contribution in [2.45, 2.75) is 146 Å². The van der Waals surface area contributed by atoms with E-state index < -0.39 is 0 Å². The van der Waals surface area contributed by atoms with Gasteiger partial charge in [-0.3, -0.25) is 0 Å². The summed E-state index contributed by atoms with van der Waals surface area (Å²) in [5.41, 5.74) is 6.11. The van der Waals surface area contributed by atoms with Crippen LogP contribution in [-0.2, 0) is 19.3 Å². The maximum absolute atomic E-state index is 4.26. The van der Waals surface area contributed by atoms with Gasteiger partial charge in [0.2, 0.25) is 0 Å². The molecule has 0 heterocycles. The summed E-state index contributed by atoms with van der Waals surface area (Å²) in [5, 5.41) is 0. The highest BCUT2D eigenvalue weighted by atomic mass is 14.5. The first-order valence-electron chi connectivity index (χ1n) is 16.8. The van der Waals surface area contributed by atoms with Crippen molar-refractivity contribution in [1.29, 1.82) is 0 Å². The van der Waals surface area contributed by atoms with Crippen LogP contribution in [0.15, 0.2) is 30.4 Å². The van der Waals surface area contributed by atoms with Gasteiger partial charge >= 0.3 is 0 Å². The minimum Gasteiger partial charge on any atom is -0.0999 e. The van der Waals surface area contributed by atoms with E-state index in [4.69, 9.17) is 0 Å². The van der Waals surface area contributed by atoms with E-state index in [9.17, 15) is 0 Å². The van der Waals surface area contributed by atoms with E-state index in [1.54, 1.807) is 29.5 Å². The SMILES string of the molecule is C=C(C)C(C[C@H](C)CCC(Cc1ccc(CC)c(CCCCCC)c1)C(C)C)C(C)C.CC1[C@H]2CCC[C@@H]12. The van der Waals surface area contributed by atoms with Gasteiger partial charge in [0, 0.05) is 0 Å². The Labute approximate surface area is 239 Å².